The second kappa shape index (κ2) is 10.7. The molecule has 1 aliphatic rings. The van der Waals surface area contributed by atoms with E-state index in [9.17, 15) is 24.5 Å². The molecular weight excluding hydrogens is 550 g/mol. The third-order valence-electron chi connectivity index (χ3n) is 6.53. The number of halogens is 1. The molecule has 11 nitrogen and oxygen atoms in total. The predicted octanol–water partition coefficient (Wildman–Crippen LogP) is 5.82. The Labute approximate surface area is 238 Å². The van der Waals surface area contributed by atoms with Gasteiger partial charge in [0, 0.05) is 34.2 Å². The summed E-state index contributed by atoms with van der Waals surface area (Å²) in [5.41, 5.74) is 3.70. The molecule has 1 saturated heterocycles. The van der Waals surface area contributed by atoms with E-state index in [1.54, 1.807) is 31.2 Å². The molecule has 12 heteroatoms. The normalized spacial score (nSPS) is 14.4. The molecule has 1 fully saturated rings. The van der Waals surface area contributed by atoms with Crippen LogP contribution in [0.1, 0.15) is 22.5 Å². The number of hydrogen-bond acceptors (Lipinski definition) is 7. The van der Waals surface area contributed by atoms with Crippen molar-refractivity contribution in [1.29, 1.82) is 0 Å². The van der Waals surface area contributed by atoms with Crippen LogP contribution in [0.15, 0.2) is 72.4 Å². The van der Waals surface area contributed by atoms with Crippen LogP contribution < -0.4 is 15.0 Å². The fourth-order valence-corrected chi connectivity index (χ4v) is 4.60. The van der Waals surface area contributed by atoms with E-state index < -0.39 is 22.8 Å². The Hall–Kier alpha value is -5.29. The van der Waals surface area contributed by atoms with Crippen molar-refractivity contribution >= 4 is 46.9 Å². The van der Waals surface area contributed by atoms with Gasteiger partial charge in [0.05, 0.1) is 10.6 Å². The smallest absolute Gasteiger partial charge is 0.335 e. The molecule has 5 rings (SSSR count). The lowest BCUT2D eigenvalue weighted by atomic mass is 10.1. The number of carbonyl (C=O) groups excluding carboxylic acids is 3. The van der Waals surface area contributed by atoms with Gasteiger partial charge in [-0.2, -0.15) is 0 Å². The van der Waals surface area contributed by atoms with Gasteiger partial charge in [0.25, 0.3) is 17.5 Å². The van der Waals surface area contributed by atoms with Crippen LogP contribution in [0.4, 0.5) is 16.2 Å². The number of aromatic nitrogens is 2. The van der Waals surface area contributed by atoms with E-state index in [0.29, 0.717) is 16.3 Å². The van der Waals surface area contributed by atoms with Crippen molar-refractivity contribution in [3.05, 3.63) is 110 Å². The monoisotopic (exact) mass is 571 g/mol. The number of urea groups is 1. The Kier molecular flexibility index (Phi) is 7.12. The van der Waals surface area contributed by atoms with Gasteiger partial charge in [0.1, 0.15) is 17.5 Å². The zero-order valence-electron chi connectivity index (χ0n) is 22.0. The third kappa shape index (κ3) is 5.30. The fraction of sp³-hybridized carbons (Fsp3) is 0.103. The van der Waals surface area contributed by atoms with Crippen molar-refractivity contribution in [2.75, 3.05) is 4.90 Å². The minimum Gasteiger partial charge on any atom is -0.439 e. The molecule has 0 aliphatic carbocycles. The summed E-state index contributed by atoms with van der Waals surface area (Å²) in [6, 6.07) is 15.6. The number of nitrogens with zero attached hydrogens (tertiary/aromatic N) is 4. The van der Waals surface area contributed by atoms with Crippen molar-refractivity contribution in [1.82, 2.24) is 14.9 Å². The van der Waals surface area contributed by atoms with Gasteiger partial charge in [-0.3, -0.25) is 25.0 Å². The van der Waals surface area contributed by atoms with Gasteiger partial charge in [-0.25, -0.2) is 14.7 Å². The number of amides is 4. The van der Waals surface area contributed by atoms with Gasteiger partial charge >= 0.3 is 6.03 Å². The maximum Gasteiger partial charge on any atom is 0.335 e. The first kappa shape index (κ1) is 27.3. The number of aryl methyl sites for hydroxylation is 2. The SMILES string of the molecule is Cc1ccc(N2C(=O)NC(=O)/C(=C/c3cc(C)n(-c4ccc(Oc5ccc([N+](=O)[O-])cn5)cc4)c3C)C2=O)cc1Cl. The number of pyridine rings is 1. The first-order valence-electron chi connectivity index (χ1n) is 12.3. The number of carbonyl (C=O) groups is 3. The van der Waals surface area contributed by atoms with E-state index >= 15 is 0 Å². The Morgan fingerprint density at radius 2 is 1.68 bits per heavy atom. The standard InChI is InChI=1S/C29H22ClN5O6/c1-16-4-5-21(14-25(16)30)34-28(37)24(27(36)32-29(34)38)13-19-12-17(2)33(18(19)3)20-6-9-23(10-7-20)41-26-11-8-22(15-31-26)35(39)40/h4-15H,1-3H3,(H,32,36,38)/b24-13-. The molecule has 4 amide bonds. The average Bonchev–Trinajstić information content (AvgIpc) is 3.21. The van der Waals surface area contributed by atoms with E-state index in [-0.39, 0.29) is 22.8 Å². The highest BCUT2D eigenvalue weighted by atomic mass is 35.5. The fourth-order valence-electron chi connectivity index (χ4n) is 4.42. The summed E-state index contributed by atoms with van der Waals surface area (Å²) in [5.74, 6) is -0.864. The van der Waals surface area contributed by atoms with Crippen LogP contribution in [0.25, 0.3) is 11.8 Å². The number of barbiturate groups is 1. The number of imide groups is 2. The minimum absolute atomic E-state index is 0.136. The Morgan fingerprint density at radius 3 is 2.32 bits per heavy atom. The van der Waals surface area contributed by atoms with Gasteiger partial charge in [-0.05, 0) is 80.4 Å². The molecule has 1 aliphatic heterocycles. The van der Waals surface area contributed by atoms with Crippen LogP contribution in [0.5, 0.6) is 11.6 Å². The highest BCUT2D eigenvalue weighted by Gasteiger charge is 2.37. The van der Waals surface area contributed by atoms with Crippen LogP contribution in [0.2, 0.25) is 5.02 Å². The number of nitrogens with one attached hydrogen (secondary N) is 1. The highest BCUT2D eigenvalue weighted by Crippen LogP contribution is 2.29. The Bertz CT molecular complexity index is 1760. The zero-order valence-corrected chi connectivity index (χ0v) is 22.8. The quantitative estimate of drug-likeness (QED) is 0.133. The highest BCUT2D eigenvalue weighted by molar-refractivity contribution is 6.39. The van der Waals surface area contributed by atoms with E-state index in [4.69, 9.17) is 16.3 Å². The minimum atomic E-state index is -0.853. The Balaban J connectivity index is 1.41. The van der Waals surface area contributed by atoms with Crippen molar-refractivity contribution in [2.45, 2.75) is 20.8 Å². The molecule has 0 atom stereocenters. The summed E-state index contributed by atoms with van der Waals surface area (Å²) in [7, 11) is 0. The van der Waals surface area contributed by atoms with Gasteiger partial charge < -0.3 is 9.30 Å². The topological polar surface area (TPSA) is 137 Å². The van der Waals surface area contributed by atoms with Crippen molar-refractivity contribution < 1.29 is 24.0 Å². The van der Waals surface area contributed by atoms with Crippen molar-refractivity contribution in [3.8, 4) is 17.3 Å². The number of benzene rings is 2. The van der Waals surface area contributed by atoms with Crippen LogP contribution in [-0.4, -0.2) is 32.3 Å². The molecule has 41 heavy (non-hydrogen) atoms. The lowest BCUT2D eigenvalue weighted by molar-refractivity contribution is -0.385. The summed E-state index contributed by atoms with van der Waals surface area (Å²) in [5, 5.41) is 13.4. The molecule has 206 valence electrons. The largest absolute Gasteiger partial charge is 0.439 e. The molecular formula is C29H22ClN5O6. The third-order valence-corrected chi connectivity index (χ3v) is 6.94. The van der Waals surface area contributed by atoms with Gasteiger partial charge in [0.15, 0.2) is 0 Å². The maximum atomic E-state index is 13.3. The number of anilines is 1. The van der Waals surface area contributed by atoms with Gasteiger partial charge in [0.2, 0.25) is 5.88 Å². The predicted molar refractivity (Wildman–Crippen MR) is 151 cm³/mol. The first-order chi connectivity index (χ1) is 19.5. The molecule has 2 aromatic carbocycles. The van der Waals surface area contributed by atoms with E-state index in [1.165, 1.54) is 24.3 Å². The first-order valence-corrected chi connectivity index (χ1v) is 12.7. The summed E-state index contributed by atoms with van der Waals surface area (Å²) in [6.45, 7) is 5.52. The number of rotatable bonds is 6. The van der Waals surface area contributed by atoms with Gasteiger partial charge in [-0.15, -0.1) is 0 Å². The average molecular weight is 572 g/mol. The lowest BCUT2D eigenvalue weighted by Gasteiger charge is -2.26. The van der Waals surface area contributed by atoms with Crippen LogP contribution in [0.3, 0.4) is 0 Å². The van der Waals surface area contributed by atoms with Crippen LogP contribution >= 0.6 is 11.6 Å². The zero-order chi connectivity index (χ0) is 29.4. The van der Waals surface area contributed by atoms with E-state index in [1.807, 2.05) is 36.6 Å². The van der Waals surface area contributed by atoms with Crippen molar-refractivity contribution in [3.63, 3.8) is 0 Å². The molecule has 3 heterocycles. The van der Waals surface area contributed by atoms with Gasteiger partial charge in [-0.1, -0.05) is 17.7 Å². The molecule has 0 unspecified atom stereocenters. The second-order valence-electron chi connectivity index (χ2n) is 9.26. The number of nitro groups is 1. The van der Waals surface area contributed by atoms with E-state index in [0.717, 1.165) is 33.7 Å². The molecule has 1 N–H and O–H groups in total. The van der Waals surface area contributed by atoms with Crippen molar-refractivity contribution in [2.24, 2.45) is 0 Å². The molecule has 0 spiro atoms. The summed E-state index contributed by atoms with van der Waals surface area (Å²) in [6.07, 6.45) is 2.58. The maximum absolute atomic E-state index is 13.3. The lowest BCUT2D eigenvalue weighted by Crippen LogP contribution is -2.54. The van der Waals surface area contributed by atoms with Crippen LogP contribution in [-0.2, 0) is 9.59 Å². The number of ether oxygens (including phenoxy) is 1. The summed E-state index contributed by atoms with van der Waals surface area (Å²) in [4.78, 5) is 53.7. The molecule has 0 radical (unpaired) electrons. The Morgan fingerprint density at radius 1 is 0.976 bits per heavy atom. The summed E-state index contributed by atoms with van der Waals surface area (Å²) >= 11 is 6.20. The van der Waals surface area contributed by atoms with E-state index in [2.05, 4.69) is 10.3 Å². The summed E-state index contributed by atoms with van der Waals surface area (Å²) < 4.78 is 7.63. The molecule has 2 aromatic heterocycles. The molecule has 4 aromatic rings. The molecule has 0 bridgehead atoms. The van der Waals surface area contributed by atoms with Crippen LogP contribution in [0, 0.1) is 30.9 Å². The number of hydrogen-bond donors (Lipinski definition) is 1. The second-order valence-corrected chi connectivity index (χ2v) is 9.67. The molecule has 0 saturated carbocycles.